The third kappa shape index (κ3) is 2.93. The Balaban J connectivity index is 2.35. The molecule has 1 aliphatic rings. The summed E-state index contributed by atoms with van der Waals surface area (Å²) in [7, 11) is 0. The Morgan fingerprint density at radius 1 is 1.50 bits per heavy atom. The second kappa shape index (κ2) is 6.42. The number of hydrogen-bond acceptors (Lipinski definition) is 4. The number of aryl methyl sites for hydroxylation is 1. The Kier molecular flexibility index (Phi) is 4.62. The first-order chi connectivity index (χ1) is 9.67. The summed E-state index contributed by atoms with van der Waals surface area (Å²) in [6.07, 6.45) is 2.85. The molecule has 0 saturated carbocycles. The van der Waals surface area contributed by atoms with E-state index in [1.165, 1.54) is 0 Å². The predicted octanol–water partition coefficient (Wildman–Crippen LogP) is 2.79. The molecule has 1 saturated heterocycles. The fourth-order valence-electron chi connectivity index (χ4n) is 2.68. The number of anilines is 1. The molecule has 0 N–H and O–H groups in total. The fourth-order valence-corrected chi connectivity index (χ4v) is 2.68. The van der Waals surface area contributed by atoms with Crippen LogP contribution in [0.5, 0.6) is 0 Å². The Morgan fingerprint density at radius 3 is 3.00 bits per heavy atom. The van der Waals surface area contributed by atoms with Gasteiger partial charge in [-0.25, -0.2) is 4.79 Å². The van der Waals surface area contributed by atoms with Crippen LogP contribution in [0, 0.1) is 18.3 Å². The third-order valence-corrected chi connectivity index (χ3v) is 3.64. The molecule has 0 spiro atoms. The summed E-state index contributed by atoms with van der Waals surface area (Å²) in [5, 5.41) is 9.28. The Labute approximate surface area is 120 Å². The highest BCUT2D eigenvalue weighted by atomic mass is 16.5. The summed E-state index contributed by atoms with van der Waals surface area (Å²) in [4.78, 5) is 14.2. The van der Waals surface area contributed by atoms with Crippen LogP contribution in [0.1, 0.15) is 37.3 Å². The van der Waals surface area contributed by atoms with Gasteiger partial charge >= 0.3 is 5.97 Å². The zero-order valence-corrected chi connectivity index (χ0v) is 12.1. The van der Waals surface area contributed by atoms with Crippen LogP contribution in [0.2, 0.25) is 0 Å². The number of carbonyl (C=O) groups is 1. The molecule has 20 heavy (non-hydrogen) atoms. The molecule has 1 atom stereocenters. The quantitative estimate of drug-likeness (QED) is 0.794. The van der Waals surface area contributed by atoms with Gasteiger partial charge in [0.2, 0.25) is 0 Å². The van der Waals surface area contributed by atoms with Crippen LogP contribution in [0.15, 0.2) is 18.2 Å². The fraction of sp³-hybridized carbons (Fsp3) is 0.500. The van der Waals surface area contributed by atoms with Crippen LogP contribution in [-0.4, -0.2) is 25.2 Å². The number of carbonyl (C=O) groups excluding carboxylic acids is 1. The molecule has 1 aromatic rings. The van der Waals surface area contributed by atoms with Crippen LogP contribution in [0.4, 0.5) is 5.69 Å². The summed E-state index contributed by atoms with van der Waals surface area (Å²) in [5.74, 6) is -0.183. The van der Waals surface area contributed by atoms with Gasteiger partial charge in [-0.2, -0.15) is 5.26 Å². The molecule has 1 fully saturated rings. The molecule has 1 heterocycles. The number of rotatable bonds is 3. The molecule has 1 unspecified atom stereocenters. The number of piperidine rings is 1. The van der Waals surface area contributed by atoms with Crippen LogP contribution < -0.4 is 4.90 Å². The number of hydrogen-bond donors (Lipinski definition) is 0. The van der Waals surface area contributed by atoms with Crippen molar-refractivity contribution in [3.05, 3.63) is 29.3 Å². The van der Waals surface area contributed by atoms with Gasteiger partial charge in [-0.3, -0.25) is 0 Å². The van der Waals surface area contributed by atoms with Gasteiger partial charge < -0.3 is 9.64 Å². The molecule has 4 heteroatoms. The summed E-state index contributed by atoms with van der Waals surface area (Å²) in [6.45, 7) is 5.00. The van der Waals surface area contributed by atoms with Gasteiger partial charge in [-0.05, 0) is 50.8 Å². The maximum Gasteiger partial charge on any atom is 0.328 e. The van der Waals surface area contributed by atoms with E-state index in [9.17, 15) is 10.1 Å². The monoisotopic (exact) mass is 272 g/mol. The average Bonchev–Trinajstić information content (AvgIpc) is 2.47. The minimum absolute atomic E-state index is 0.183. The van der Waals surface area contributed by atoms with Crippen LogP contribution in [0.25, 0.3) is 0 Å². The largest absolute Gasteiger partial charge is 0.464 e. The molecule has 1 aliphatic heterocycles. The highest BCUT2D eigenvalue weighted by Gasteiger charge is 2.31. The average molecular weight is 272 g/mol. The predicted molar refractivity (Wildman–Crippen MR) is 77.5 cm³/mol. The zero-order valence-electron chi connectivity index (χ0n) is 12.1. The lowest BCUT2D eigenvalue weighted by molar-refractivity contribution is -0.145. The molecule has 0 aromatic heterocycles. The first kappa shape index (κ1) is 14.4. The van der Waals surface area contributed by atoms with Gasteiger partial charge in [-0.1, -0.05) is 6.07 Å². The smallest absolute Gasteiger partial charge is 0.328 e. The maximum atomic E-state index is 12.1. The van der Waals surface area contributed by atoms with Gasteiger partial charge in [0.05, 0.1) is 17.9 Å². The highest BCUT2D eigenvalue weighted by Crippen LogP contribution is 2.29. The lowest BCUT2D eigenvalue weighted by Crippen LogP contribution is -2.46. The van der Waals surface area contributed by atoms with Gasteiger partial charge in [0.15, 0.2) is 0 Å². The van der Waals surface area contributed by atoms with Crippen LogP contribution in [0.3, 0.4) is 0 Å². The van der Waals surface area contributed by atoms with Crippen molar-refractivity contribution in [1.29, 1.82) is 5.26 Å². The minimum Gasteiger partial charge on any atom is -0.464 e. The lowest BCUT2D eigenvalue weighted by atomic mass is 9.99. The minimum atomic E-state index is -0.266. The summed E-state index contributed by atoms with van der Waals surface area (Å²) in [5.41, 5.74) is 2.56. The van der Waals surface area contributed by atoms with E-state index < -0.39 is 0 Å². The van der Waals surface area contributed by atoms with E-state index in [0.717, 1.165) is 37.1 Å². The summed E-state index contributed by atoms with van der Waals surface area (Å²) in [6, 6.07) is 7.68. The first-order valence-electron chi connectivity index (χ1n) is 7.11. The van der Waals surface area contributed by atoms with Crippen molar-refractivity contribution in [2.45, 2.75) is 39.2 Å². The molecule has 1 aromatic carbocycles. The van der Waals surface area contributed by atoms with Gasteiger partial charge in [0, 0.05) is 6.54 Å². The topological polar surface area (TPSA) is 53.3 Å². The highest BCUT2D eigenvalue weighted by molar-refractivity contribution is 5.81. The van der Waals surface area contributed by atoms with E-state index in [0.29, 0.717) is 12.2 Å². The number of esters is 1. The number of benzene rings is 1. The van der Waals surface area contributed by atoms with E-state index in [1.807, 2.05) is 36.9 Å². The summed E-state index contributed by atoms with van der Waals surface area (Å²) >= 11 is 0. The SMILES string of the molecule is CCOC(=O)C1CCCCN1c1cc(C)ccc1C#N. The maximum absolute atomic E-state index is 12.1. The van der Waals surface area contributed by atoms with Crippen molar-refractivity contribution < 1.29 is 9.53 Å². The normalized spacial score (nSPS) is 18.4. The van der Waals surface area contributed by atoms with E-state index >= 15 is 0 Å². The molecule has 4 nitrogen and oxygen atoms in total. The van der Waals surface area contributed by atoms with Crippen molar-refractivity contribution in [1.82, 2.24) is 0 Å². The first-order valence-corrected chi connectivity index (χ1v) is 7.11. The van der Waals surface area contributed by atoms with Crippen molar-refractivity contribution in [3.63, 3.8) is 0 Å². The summed E-state index contributed by atoms with van der Waals surface area (Å²) < 4.78 is 5.17. The van der Waals surface area contributed by atoms with Crippen LogP contribution in [-0.2, 0) is 9.53 Å². The Hall–Kier alpha value is -2.02. The molecular weight excluding hydrogens is 252 g/mol. The van der Waals surface area contributed by atoms with Crippen molar-refractivity contribution in [2.75, 3.05) is 18.1 Å². The van der Waals surface area contributed by atoms with Crippen molar-refractivity contribution >= 4 is 11.7 Å². The Bertz CT molecular complexity index is 534. The van der Waals surface area contributed by atoms with Gasteiger partial charge in [0.1, 0.15) is 12.1 Å². The van der Waals surface area contributed by atoms with Gasteiger partial charge in [-0.15, -0.1) is 0 Å². The van der Waals surface area contributed by atoms with Crippen LogP contribution >= 0.6 is 0 Å². The number of nitrogens with zero attached hydrogens (tertiary/aromatic N) is 2. The Morgan fingerprint density at radius 2 is 2.30 bits per heavy atom. The van der Waals surface area contributed by atoms with Crippen molar-refractivity contribution in [2.24, 2.45) is 0 Å². The molecule has 0 aliphatic carbocycles. The second-order valence-electron chi connectivity index (χ2n) is 5.09. The van der Waals surface area contributed by atoms with Crippen molar-refractivity contribution in [3.8, 4) is 6.07 Å². The van der Waals surface area contributed by atoms with Gasteiger partial charge in [0.25, 0.3) is 0 Å². The lowest BCUT2D eigenvalue weighted by Gasteiger charge is -2.36. The third-order valence-electron chi connectivity index (χ3n) is 3.64. The van der Waals surface area contributed by atoms with E-state index in [-0.39, 0.29) is 12.0 Å². The molecule has 0 radical (unpaired) electrons. The number of nitriles is 1. The zero-order chi connectivity index (χ0) is 14.5. The molecule has 0 bridgehead atoms. The van der Waals surface area contributed by atoms with E-state index in [2.05, 4.69) is 6.07 Å². The standard InChI is InChI=1S/C16H20N2O2/c1-3-20-16(19)14-6-4-5-9-18(14)15-10-12(2)7-8-13(15)11-17/h7-8,10,14H,3-6,9H2,1-2H3. The second-order valence-corrected chi connectivity index (χ2v) is 5.09. The molecular formula is C16H20N2O2. The molecule has 106 valence electrons. The number of ether oxygens (including phenoxy) is 1. The van der Waals surface area contributed by atoms with E-state index in [4.69, 9.17) is 4.74 Å². The molecule has 2 rings (SSSR count). The van der Waals surface area contributed by atoms with E-state index in [1.54, 1.807) is 0 Å². The molecule has 0 amide bonds.